The fourth-order valence-electron chi connectivity index (χ4n) is 3.29. The molecular weight excluding hydrogens is 451 g/mol. The van der Waals surface area contributed by atoms with Gasteiger partial charge in [0.1, 0.15) is 41.3 Å². The van der Waals surface area contributed by atoms with Gasteiger partial charge in [0.2, 0.25) is 0 Å². The first kappa shape index (κ1) is 22.0. The summed E-state index contributed by atoms with van der Waals surface area (Å²) in [5, 5.41) is 42.4. The molecule has 1 amide bonds. The number of aliphatic hydroxyl groups is 4. The molecule has 4 rings (SSSR count). The minimum atomic E-state index is -1.51. The van der Waals surface area contributed by atoms with Crippen molar-refractivity contribution in [3.05, 3.63) is 57.8 Å². The van der Waals surface area contributed by atoms with Crippen molar-refractivity contribution in [2.75, 3.05) is 11.9 Å². The Morgan fingerprint density at radius 2 is 1.94 bits per heavy atom. The Morgan fingerprint density at radius 3 is 2.65 bits per heavy atom. The van der Waals surface area contributed by atoms with Gasteiger partial charge in [-0.2, -0.15) is 0 Å². The second kappa shape index (κ2) is 8.75. The van der Waals surface area contributed by atoms with Gasteiger partial charge in [-0.3, -0.25) is 4.79 Å². The first-order valence-corrected chi connectivity index (χ1v) is 10.5. The van der Waals surface area contributed by atoms with Gasteiger partial charge in [-0.1, -0.05) is 11.6 Å². The zero-order valence-corrected chi connectivity index (χ0v) is 17.3. The normalized spacial score (nSPS) is 26.2. The van der Waals surface area contributed by atoms with Crippen molar-refractivity contribution in [2.24, 2.45) is 0 Å². The van der Waals surface area contributed by atoms with Crippen LogP contribution in [0.1, 0.15) is 21.5 Å². The molecule has 0 unspecified atom stereocenters. The fourth-order valence-corrected chi connectivity index (χ4v) is 4.50. The van der Waals surface area contributed by atoms with Crippen LogP contribution in [0, 0.1) is 5.82 Å². The summed E-state index contributed by atoms with van der Waals surface area (Å²) in [4.78, 5) is 16.9. The molecule has 1 aliphatic heterocycles. The van der Waals surface area contributed by atoms with E-state index in [-0.39, 0.29) is 5.02 Å². The van der Waals surface area contributed by atoms with E-state index < -0.39 is 48.9 Å². The van der Waals surface area contributed by atoms with Crippen molar-refractivity contribution in [3.8, 4) is 0 Å². The number of nitrogens with one attached hydrogen (secondary N) is 1. The minimum absolute atomic E-state index is 0.114. The lowest BCUT2D eigenvalue weighted by Gasteiger charge is -2.39. The highest BCUT2D eigenvalue weighted by atomic mass is 35.5. The van der Waals surface area contributed by atoms with E-state index in [1.165, 1.54) is 23.5 Å². The van der Waals surface area contributed by atoms with Gasteiger partial charge < -0.3 is 30.5 Å². The number of fused-ring (bicyclic) bond motifs is 1. The lowest BCUT2D eigenvalue weighted by atomic mass is 9.95. The van der Waals surface area contributed by atoms with Crippen molar-refractivity contribution in [1.82, 2.24) is 4.98 Å². The zero-order chi connectivity index (χ0) is 22.3. The minimum Gasteiger partial charge on any atom is -0.394 e. The van der Waals surface area contributed by atoms with E-state index in [2.05, 4.69) is 10.3 Å². The number of thiazole rings is 1. The Labute approximate surface area is 184 Å². The quantitative estimate of drug-likeness (QED) is 0.395. The Morgan fingerprint density at radius 1 is 1.16 bits per heavy atom. The highest BCUT2D eigenvalue weighted by molar-refractivity contribution is 7.18. The zero-order valence-electron chi connectivity index (χ0n) is 15.8. The molecule has 164 valence electrons. The van der Waals surface area contributed by atoms with E-state index in [0.29, 0.717) is 26.5 Å². The first-order valence-electron chi connectivity index (χ1n) is 9.26. The Balaban J connectivity index is 1.58. The molecule has 3 aromatic rings. The topological polar surface area (TPSA) is 132 Å². The van der Waals surface area contributed by atoms with Crippen LogP contribution >= 0.6 is 22.9 Å². The summed E-state index contributed by atoms with van der Waals surface area (Å²) < 4.78 is 19.5. The van der Waals surface area contributed by atoms with E-state index in [9.17, 15) is 29.6 Å². The van der Waals surface area contributed by atoms with Crippen LogP contribution in [0.3, 0.4) is 0 Å². The largest absolute Gasteiger partial charge is 0.394 e. The molecule has 0 bridgehead atoms. The summed E-state index contributed by atoms with van der Waals surface area (Å²) in [6.07, 6.45) is -6.50. The molecule has 0 saturated carbocycles. The van der Waals surface area contributed by atoms with Gasteiger partial charge >= 0.3 is 0 Å². The summed E-state index contributed by atoms with van der Waals surface area (Å²) in [6.45, 7) is -0.538. The number of aliphatic hydroxyl groups excluding tert-OH is 4. The third-order valence-corrected chi connectivity index (χ3v) is 6.37. The van der Waals surface area contributed by atoms with E-state index in [4.69, 9.17) is 16.3 Å². The monoisotopic (exact) mass is 468 g/mol. The molecule has 0 spiro atoms. The van der Waals surface area contributed by atoms with Gasteiger partial charge in [0.15, 0.2) is 0 Å². The Hall–Kier alpha value is -2.18. The number of amides is 1. The van der Waals surface area contributed by atoms with Crippen LogP contribution in [0.15, 0.2) is 36.4 Å². The number of carbonyl (C=O) groups excluding carboxylic acids is 1. The van der Waals surface area contributed by atoms with Gasteiger partial charge in [0.25, 0.3) is 5.91 Å². The first-order chi connectivity index (χ1) is 14.8. The lowest BCUT2D eigenvalue weighted by molar-refractivity contribution is -0.231. The number of carbonyl (C=O) groups is 1. The molecule has 5 N–H and O–H groups in total. The van der Waals surface area contributed by atoms with Crippen molar-refractivity contribution >= 4 is 44.7 Å². The average Bonchev–Trinajstić information content (AvgIpc) is 3.18. The molecule has 8 nitrogen and oxygen atoms in total. The number of aromatic nitrogens is 1. The van der Waals surface area contributed by atoms with Crippen molar-refractivity contribution in [3.63, 3.8) is 0 Å². The molecule has 1 fully saturated rings. The fraction of sp³-hybridized carbons (Fsp3) is 0.300. The molecule has 31 heavy (non-hydrogen) atoms. The maximum Gasteiger partial charge on any atom is 0.255 e. The number of anilines is 1. The second-order valence-corrected chi connectivity index (χ2v) is 8.54. The van der Waals surface area contributed by atoms with Crippen LogP contribution < -0.4 is 5.32 Å². The number of halogens is 2. The van der Waals surface area contributed by atoms with Crippen LogP contribution in [-0.2, 0) is 4.74 Å². The second-order valence-electron chi connectivity index (χ2n) is 7.07. The predicted molar refractivity (Wildman–Crippen MR) is 112 cm³/mol. The maximum absolute atomic E-state index is 13.3. The molecule has 1 saturated heterocycles. The number of nitrogens with zero attached hydrogens (tertiary/aromatic N) is 1. The van der Waals surface area contributed by atoms with Crippen LogP contribution in [-0.4, -0.2) is 62.3 Å². The van der Waals surface area contributed by atoms with Crippen LogP contribution in [0.2, 0.25) is 5.02 Å². The van der Waals surface area contributed by atoms with Crippen LogP contribution in [0.4, 0.5) is 10.1 Å². The molecule has 1 aromatic heterocycles. The van der Waals surface area contributed by atoms with Gasteiger partial charge in [-0.25, -0.2) is 9.37 Å². The van der Waals surface area contributed by atoms with E-state index in [1.807, 2.05) is 0 Å². The number of rotatable bonds is 4. The third kappa shape index (κ3) is 4.28. The summed E-state index contributed by atoms with van der Waals surface area (Å²) >= 11 is 6.92. The maximum atomic E-state index is 13.3. The van der Waals surface area contributed by atoms with E-state index >= 15 is 0 Å². The number of benzene rings is 2. The van der Waals surface area contributed by atoms with E-state index in [1.54, 1.807) is 18.2 Å². The molecule has 11 heteroatoms. The summed E-state index contributed by atoms with van der Waals surface area (Å²) in [6, 6.07) is 8.63. The Kier molecular flexibility index (Phi) is 6.22. The standard InChI is InChI=1S/C20H18ClFN2O6S/c21-10-6-9(2-3-11(10)22)23-19(29)8-1-4-14-12(5-8)24-20(31-14)18-17(28)16(27)15(26)13(7-25)30-18/h1-6,13,15-18,25-28H,7H2,(H,23,29)/t13-,15+,16+,17-,18-/m1/s1. The summed E-state index contributed by atoms with van der Waals surface area (Å²) in [7, 11) is 0. The van der Waals surface area contributed by atoms with Gasteiger partial charge in [0, 0.05) is 11.3 Å². The highest BCUT2D eigenvalue weighted by Gasteiger charge is 2.45. The Bertz CT molecular complexity index is 1130. The summed E-state index contributed by atoms with van der Waals surface area (Å²) in [5.41, 5.74) is 1.08. The third-order valence-electron chi connectivity index (χ3n) is 4.98. The van der Waals surface area contributed by atoms with Gasteiger partial charge in [0.05, 0.1) is 21.8 Å². The molecule has 1 aliphatic rings. The smallest absolute Gasteiger partial charge is 0.255 e. The van der Waals surface area contributed by atoms with Crippen molar-refractivity contribution < 1.29 is 34.3 Å². The molecule has 2 aromatic carbocycles. The lowest BCUT2D eigenvalue weighted by Crippen LogP contribution is -2.55. The number of ether oxygens (including phenoxy) is 1. The number of hydrogen-bond acceptors (Lipinski definition) is 8. The molecule has 0 radical (unpaired) electrons. The van der Waals surface area contributed by atoms with Gasteiger partial charge in [-0.15, -0.1) is 11.3 Å². The molecule has 2 heterocycles. The van der Waals surface area contributed by atoms with Crippen LogP contribution in [0.5, 0.6) is 0 Å². The van der Waals surface area contributed by atoms with Gasteiger partial charge in [-0.05, 0) is 36.4 Å². The molecule has 0 aliphatic carbocycles. The molecular formula is C20H18ClFN2O6S. The average molecular weight is 469 g/mol. The van der Waals surface area contributed by atoms with E-state index in [0.717, 1.165) is 6.07 Å². The van der Waals surface area contributed by atoms with Crippen LogP contribution in [0.25, 0.3) is 10.2 Å². The predicted octanol–water partition coefficient (Wildman–Crippen LogP) is 1.86. The van der Waals surface area contributed by atoms with Crippen molar-refractivity contribution in [1.29, 1.82) is 0 Å². The molecule has 5 atom stereocenters. The number of hydrogen-bond donors (Lipinski definition) is 5. The highest BCUT2D eigenvalue weighted by Crippen LogP contribution is 2.36. The SMILES string of the molecule is O=C(Nc1ccc(F)c(Cl)c1)c1ccc2sc([C@@H]3O[C@H](CO)[C@H](O)[C@H](O)[C@H]3O)nc2c1. The summed E-state index contributed by atoms with van der Waals surface area (Å²) in [5.74, 6) is -1.05. The van der Waals surface area contributed by atoms with Crippen molar-refractivity contribution in [2.45, 2.75) is 30.5 Å².